The third-order valence-electron chi connectivity index (χ3n) is 4.55. The Bertz CT molecular complexity index is 739. The van der Waals surface area contributed by atoms with E-state index in [0.717, 1.165) is 32.1 Å². The molecule has 0 aromatic heterocycles. The van der Waals surface area contributed by atoms with Crippen LogP contribution in [0.25, 0.3) is 0 Å². The number of nitrogens with two attached hydrogens (primary N) is 2. The van der Waals surface area contributed by atoms with E-state index in [-0.39, 0.29) is 23.4 Å². The van der Waals surface area contributed by atoms with Crippen LogP contribution in [0.4, 0.5) is 11.4 Å². The van der Waals surface area contributed by atoms with Crippen molar-refractivity contribution in [1.82, 2.24) is 0 Å². The lowest BCUT2D eigenvalue weighted by atomic mass is 9.87. The molecule has 1 fully saturated rings. The van der Waals surface area contributed by atoms with Crippen LogP contribution in [-0.2, 0) is 0 Å². The normalized spacial score (nSPS) is 19.3. The lowest BCUT2D eigenvalue weighted by molar-refractivity contribution is -0.385. The number of guanidine groups is 2. The van der Waals surface area contributed by atoms with Crippen LogP contribution < -0.4 is 21.1 Å². The highest BCUT2D eigenvalue weighted by Gasteiger charge is 2.43. The van der Waals surface area contributed by atoms with Gasteiger partial charge in [0.25, 0.3) is 0 Å². The Morgan fingerprint density at radius 3 is 2.68 bits per heavy atom. The summed E-state index contributed by atoms with van der Waals surface area (Å²) in [7, 11) is 0. The molecule has 9 heteroatoms. The number of hydrogen-bond acceptors (Lipinski definition) is 8. The minimum absolute atomic E-state index is 0.111. The van der Waals surface area contributed by atoms with Gasteiger partial charge in [0.05, 0.1) is 17.2 Å². The van der Waals surface area contributed by atoms with Crippen LogP contribution in [0.15, 0.2) is 28.2 Å². The zero-order valence-corrected chi connectivity index (χ0v) is 14.1. The molecule has 0 atom stereocenters. The molecule has 1 saturated carbocycles. The highest BCUT2D eigenvalue weighted by molar-refractivity contribution is 6.05. The van der Waals surface area contributed by atoms with Crippen LogP contribution >= 0.6 is 0 Å². The predicted molar refractivity (Wildman–Crippen MR) is 95.8 cm³/mol. The Morgan fingerprint density at radius 2 is 2.04 bits per heavy atom. The number of nitro benzene ring substituents is 1. The summed E-state index contributed by atoms with van der Waals surface area (Å²) in [6, 6.07) is 4.79. The maximum Gasteiger partial charge on any atom is 0.312 e. The number of anilines is 1. The molecule has 0 saturated heterocycles. The van der Waals surface area contributed by atoms with E-state index in [1.807, 2.05) is 0 Å². The lowest BCUT2D eigenvalue weighted by Crippen LogP contribution is -2.58. The van der Waals surface area contributed by atoms with Gasteiger partial charge in [0.2, 0.25) is 11.9 Å². The molecule has 0 unspecified atom stereocenters. The average molecular weight is 346 g/mol. The maximum absolute atomic E-state index is 11.4. The average Bonchev–Trinajstić information content (AvgIpc) is 2.56. The van der Waals surface area contributed by atoms with E-state index >= 15 is 0 Å². The van der Waals surface area contributed by atoms with Crippen LogP contribution in [0.3, 0.4) is 0 Å². The molecule has 1 aromatic rings. The molecule has 1 spiro atoms. The molecule has 1 aliphatic heterocycles. The standard InChI is InChI=1S/C16H22N6O3/c1-2-25-13-7-6-11(10-12(13)22(23)24)21-15(18)19-14(17)20-16(21)8-4-3-5-9-16/h6-7,10H,2-5,8-9H2,1H3,(H4,17,18,19,20). The molecule has 0 radical (unpaired) electrons. The summed E-state index contributed by atoms with van der Waals surface area (Å²) in [4.78, 5) is 21.4. The number of nitro groups is 1. The largest absolute Gasteiger partial charge is 0.487 e. The molecule has 2 aliphatic rings. The number of hydrogen-bond donors (Lipinski definition) is 2. The van der Waals surface area contributed by atoms with Crippen molar-refractivity contribution < 1.29 is 9.66 Å². The van der Waals surface area contributed by atoms with E-state index in [4.69, 9.17) is 16.2 Å². The van der Waals surface area contributed by atoms with Crippen molar-refractivity contribution in [3.8, 4) is 5.75 Å². The smallest absolute Gasteiger partial charge is 0.312 e. The second-order valence-electron chi connectivity index (χ2n) is 6.16. The minimum atomic E-state index is -0.630. The Kier molecular flexibility index (Phi) is 4.47. The minimum Gasteiger partial charge on any atom is -0.487 e. The summed E-state index contributed by atoms with van der Waals surface area (Å²) in [6.07, 6.45) is 4.63. The Balaban J connectivity index is 2.08. The molecular formula is C16H22N6O3. The molecule has 0 amide bonds. The van der Waals surface area contributed by atoms with Crippen LogP contribution in [0, 0.1) is 10.1 Å². The van der Waals surface area contributed by atoms with E-state index in [2.05, 4.69) is 9.98 Å². The van der Waals surface area contributed by atoms with Gasteiger partial charge >= 0.3 is 5.69 Å². The number of ether oxygens (including phenoxy) is 1. The third kappa shape index (κ3) is 3.09. The fourth-order valence-corrected chi connectivity index (χ4v) is 3.56. The van der Waals surface area contributed by atoms with Gasteiger partial charge in [-0.25, -0.2) is 4.99 Å². The molecule has 0 bridgehead atoms. The summed E-state index contributed by atoms with van der Waals surface area (Å²) >= 11 is 0. The number of aliphatic imine (C=N–C) groups is 2. The monoisotopic (exact) mass is 346 g/mol. The van der Waals surface area contributed by atoms with Crippen LogP contribution in [0.1, 0.15) is 39.0 Å². The van der Waals surface area contributed by atoms with Crippen LogP contribution in [0.2, 0.25) is 0 Å². The molecule has 9 nitrogen and oxygen atoms in total. The first-order chi connectivity index (χ1) is 12.0. The maximum atomic E-state index is 11.4. The Morgan fingerprint density at radius 1 is 1.32 bits per heavy atom. The summed E-state index contributed by atoms with van der Waals surface area (Å²) in [5.74, 6) is 0.577. The molecule has 3 rings (SSSR count). The van der Waals surface area contributed by atoms with Gasteiger partial charge < -0.3 is 16.2 Å². The molecular weight excluding hydrogens is 324 g/mol. The van der Waals surface area contributed by atoms with Crippen molar-refractivity contribution in [2.45, 2.75) is 44.7 Å². The lowest BCUT2D eigenvalue weighted by Gasteiger charge is -2.45. The summed E-state index contributed by atoms with van der Waals surface area (Å²) in [5.41, 5.74) is 11.8. The van der Waals surface area contributed by atoms with Crippen molar-refractivity contribution in [3.63, 3.8) is 0 Å². The SMILES string of the molecule is CCOc1ccc(N2C(N)=NC(N)=NC23CCCCC3)cc1[N+](=O)[O-]. The Labute approximate surface area is 145 Å². The second-order valence-corrected chi connectivity index (χ2v) is 6.16. The van der Waals surface area contributed by atoms with Gasteiger partial charge in [-0.3, -0.25) is 15.0 Å². The van der Waals surface area contributed by atoms with Gasteiger partial charge in [-0.1, -0.05) is 6.42 Å². The number of rotatable bonds is 4. The topological polar surface area (TPSA) is 132 Å². The second kappa shape index (κ2) is 6.58. The Hall–Kier alpha value is -2.84. The predicted octanol–water partition coefficient (Wildman–Crippen LogP) is 2.10. The van der Waals surface area contributed by atoms with Gasteiger partial charge in [-0.05, 0) is 44.7 Å². The molecule has 134 valence electrons. The first-order valence-corrected chi connectivity index (χ1v) is 8.38. The van der Waals surface area contributed by atoms with Gasteiger partial charge in [0.1, 0.15) is 5.66 Å². The first kappa shape index (κ1) is 17.0. The number of benzene rings is 1. The van der Waals surface area contributed by atoms with E-state index in [9.17, 15) is 10.1 Å². The highest BCUT2D eigenvalue weighted by Crippen LogP contribution is 2.41. The van der Waals surface area contributed by atoms with Gasteiger partial charge in [-0.2, -0.15) is 4.99 Å². The van der Waals surface area contributed by atoms with Crippen LogP contribution in [0.5, 0.6) is 5.75 Å². The highest BCUT2D eigenvalue weighted by atomic mass is 16.6. The van der Waals surface area contributed by atoms with Crippen molar-refractivity contribution in [3.05, 3.63) is 28.3 Å². The molecule has 1 aromatic carbocycles. The summed E-state index contributed by atoms with van der Waals surface area (Å²) in [5, 5.41) is 11.4. The van der Waals surface area contributed by atoms with E-state index in [1.54, 1.807) is 24.0 Å². The van der Waals surface area contributed by atoms with E-state index < -0.39 is 10.6 Å². The molecule has 1 heterocycles. The summed E-state index contributed by atoms with van der Waals surface area (Å²) in [6.45, 7) is 2.12. The van der Waals surface area contributed by atoms with Gasteiger partial charge in [0, 0.05) is 6.07 Å². The van der Waals surface area contributed by atoms with E-state index in [1.165, 1.54) is 6.07 Å². The quantitative estimate of drug-likeness (QED) is 0.633. The third-order valence-corrected chi connectivity index (χ3v) is 4.55. The fraction of sp³-hybridized carbons (Fsp3) is 0.500. The van der Waals surface area contributed by atoms with Crippen molar-refractivity contribution in [1.29, 1.82) is 0 Å². The summed E-state index contributed by atoms with van der Waals surface area (Å²) < 4.78 is 5.35. The zero-order valence-electron chi connectivity index (χ0n) is 14.1. The van der Waals surface area contributed by atoms with Crippen LogP contribution in [-0.4, -0.2) is 29.1 Å². The van der Waals surface area contributed by atoms with Crippen molar-refractivity contribution >= 4 is 23.3 Å². The number of nitrogens with zero attached hydrogens (tertiary/aromatic N) is 4. The molecule has 1 aliphatic carbocycles. The first-order valence-electron chi connectivity index (χ1n) is 8.38. The molecule has 4 N–H and O–H groups in total. The zero-order chi connectivity index (χ0) is 18.0. The molecule has 25 heavy (non-hydrogen) atoms. The van der Waals surface area contributed by atoms with Gasteiger partial charge in [0.15, 0.2) is 5.75 Å². The van der Waals surface area contributed by atoms with Crippen molar-refractivity contribution in [2.24, 2.45) is 21.5 Å². The van der Waals surface area contributed by atoms with Crippen molar-refractivity contribution in [2.75, 3.05) is 11.5 Å². The van der Waals surface area contributed by atoms with E-state index in [0.29, 0.717) is 12.3 Å². The fourth-order valence-electron chi connectivity index (χ4n) is 3.56. The van der Waals surface area contributed by atoms with Gasteiger partial charge in [-0.15, -0.1) is 0 Å².